The number of hydrogen-bond donors (Lipinski definition) is 1. The fourth-order valence-corrected chi connectivity index (χ4v) is 5.42. The van der Waals surface area contributed by atoms with E-state index in [-0.39, 0.29) is 12.5 Å². The van der Waals surface area contributed by atoms with E-state index in [1.807, 2.05) is 4.90 Å². The molecule has 1 aromatic carbocycles. The average Bonchev–Trinajstić information content (AvgIpc) is 2.95. The largest absolute Gasteiger partial charge is 0.337 e. The normalized spacial score (nSPS) is 21.4. The van der Waals surface area contributed by atoms with Crippen molar-refractivity contribution in [1.82, 2.24) is 14.5 Å². The van der Waals surface area contributed by atoms with Crippen LogP contribution in [0.5, 0.6) is 0 Å². The summed E-state index contributed by atoms with van der Waals surface area (Å²) in [6, 6.07) is 10.8. The molecule has 8 heteroatoms. The van der Waals surface area contributed by atoms with Gasteiger partial charge in [-0.05, 0) is 25.0 Å². The van der Waals surface area contributed by atoms with Crippen LogP contribution < -0.4 is 5.32 Å². The minimum atomic E-state index is -3.49. The average molecular weight is 405 g/mol. The number of hydrogen-bond acceptors (Lipinski definition) is 5. The molecule has 1 aliphatic carbocycles. The Labute approximate surface area is 167 Å². The van der Waals surface area contributed by atoms with Gasteiger partial charge in [-0.1, -0.05) is 43.9 Å². The van der Waals surface area contributed by atoms with E-state index in [9.17, 15) is 18.5 Å². The number of piperazine rings is 1. The van der Waals surface area contributed by atoms with Crippen molar-refractivity contribution in [2.45, 2.75) is 49.0 Å². The van der Waals surface area contributed by atoms with E-state index in [1.54, 1.807) is 30.3 Å². The third-order valence-corrected chi connectivity index (χ3v) is 7.54. The molecule has 1 heterocycles. The maximum atomic E-state index is 12.7. The first-order chi connectivity index (χ1) is 13.5. The Morgan fingerprint density at radius 2 is 1.64 bits per heavy atom. The lowest BCUT2D eigenvalue weighted by Gasteiger charge is -2.34. The molecule has 0 radical (unpaired) electrons. The Kier molecular flexibility index (Phi) is 6.70. The Morgan fingerprint density at radius 3 is 2.21 bits per heavy atom. The molecule has 152 valence electrons. The summed E-state index contributed by atoms with van der Waals surface area (Å²) in [5, 5.41) is 12.6. The van der Waals surface area contributed by atoms with Gasteiger partial charge < -0.3 is 5.32 Å². The molecule has 1 aromatic rings. The van der Waals surface area contributed by atoms with Crippen LogP contribution in [0.2, 0.25) is 0 Å². The fraction of sp³-hybridized carbons (Fsp3) is 0.600. The van der Waals surface area contributed by atoms with E-state index >= 15 is 0 Å². The molecule has 2 aliphatic rings. The number of rotatable bonds is 5. The van der Waals surface area contributed by atoms with Crippen LogP contribution in [-0.2, 0) is 14.8 Å². The molecule has 1 saturated heterocycles. The number of sulfonamides is 1. The van der Waals surface area contributed by atoms with Gasteiger partial charge >= 0.3 is 0 Å². The summed E-state index contributed by atoms with van der Waals surface area (Å²) in [6.45, 7) is 1.91. The summed E-state index contributed by atoms with van der Waals surface area (Å²) in [5.74, 6) is -0.150. The van der Waals surface area contributed by atoms with Gasteiger partial charge in [-0.2, -0.15) is 9.57 Å². The van der Waals surface area contributed by atoms with Crippen molar-refractivity contribution < 1.29 is 13.2 Å². The maximum Gasteiger partial charge on any atom is 0.243 e. The summed E-state index contributed by atoms with van der Waals surface area (Å²) in [5.41, 5.74) is -0.744. The monoisotopic (exact) mass is 404 g/mol. The lowest BCUT2D eigenvalue weighted by atomic mass is 9.92. The predicted octanol–water partition coefficient (Wildman–Crippen LogP) is 1.73. The van der Waals surface area contributed by atoms with Gasteiger partial charge in [-0.3, -0.25) is 9.69 Å². The summed E-state index contributed by atoms with van der Waals surface area (Å²) < 4.78 is 26.8. The second kappa shape index (κ2) is 9.03. The van der Waals surface area contributed by atoms with E-state index in [0.717, 1.165) is 25.7 Å². The predicted molar refractivity (Wildman–Crippen MR) is 106 cm³/mol. The van der Waals surface area contributed by atoms with Gasteiger partial charge in [-0.15, -0.1) is 0 Å². The van der Waals surface area contributed by atoms with E-state index in [4.69, 9.17) is 0 Å². The van der Waals surface area contributed by atoms with Crippen LogP contribution in [0.25, 0.3) is 0 Å². The van der Waals surface area contributed by atoms with Crippen molar-refractivity contribution in [3.63, 3.8) is 0 Å². The van der Waals surface area contributed by atoms with Crippen LogP contribution in [0.4, 0.5) is 0 Å². The summed E-state index contributed by atoms with van der Waals surface area (Å²) >= 11 is 0. The number of nitrogens with zero attached hydrogens (tertiary/aromatic N) is 3. The van der Waals surface area contributed by atoms with Crippen molar-refractivity contribution in [1.29, 1.82) is 5.26 Å². The van der Waals surface area contributed by atoms with E-state index in [1.165, 1.54) is 4.31 Å². The molecule has 0 spiro atoms. The zero-order valence-corrected chi connectivity index (χ0v) is 17.0. The first-order valence-corrected chi connectivity index (χ1v) is 11.4. The fourth-order valence-electron chi connectivity index (χ4n) is 3.98. The Hall–Kier alpha value is -1.95. The number of nitrogens with one attached hydrogen (secondary N) is 1. The van der Waals surface area contributed by atoms with Crippen LogP contribution in [0.1, 0.15) is 38.5 Å². The molecule has 2 fully saturated rings. The number of amides is 1. The van der Waals surface area contributed by atoms with Crippen molar-refractivity contribution in [3.8, 4) is 6.07 Å². The summed E-state index contributed by atoms with van der Waals surface area (Å²) in [7, 11) is -3.49. The van der Waals surface area contributed by atoms with Crippen LogP contribution >= 0.6 is 0 Å². The SMILES string of the molecule is N#CC1(NC(=O)CN2CCN(S(=O)(=O)c3ccccc3)CC2)CCCCCC1. The Balaban J connectivity index is 1.53. The first kappa shape index (κ1) is 20.8. The molecule has 28 heavy (non-hydrogen) atoms. The number of benzene rings is 1. The molecule has 7 nitrogen and oxygen atoms in total. The molecule has 1 amide bonds. The summed E-state index contributed by atoms with van der Waals surface area (Å²) in [6.07, 6.45) is 5.55. The van der Waals surface area contributed by atoms with Crippen molar-refractivity contribution >= 4 is 15.9 Å². The quantitative estimate of drug-likeness (QED) is 0.755. The molecule has 0 atom stereocenters. The molecule has 1 N–H and O–H groups in total. The third kappa shape index (κ3) is 4.90. The smallest absolute Gasteiger partial charge is 0.243 e. The van der Waals surface area contributed by atoms with Crippen molar-refractivity contribution in [2.75, 3.05) is 32.7 Å². The number of carbonyl (C=O) groups is 1. The van der Waals surface area contributed by atoms with E-state index in [2.05, 4.69) is 11.4 Å². The first-order valence-electron chi connectivity index (χ1n) is 9.95. The summed E-state index contributed by atoms with van der Waals surface area (Å²) in [4.78, 5) is 14.8. The zero-order valence-electron chi connectivity index (χ0n) is 16.1. The molecular weight excluding hydrogens is 376 g/mol. The van der Waals surface area contributed by atoms with Crippen molar-refractivity contribution in [3.05, 3.63) is 30.3 Å². The minimum Gasteiger partial charge on any atom is -0.337 e. The molecule has 0 bridgehead atoms. The lowest BCUT2D eigenvalue weighted by Crippen LogP contribution is -2.54. The van der Waals surface area contributed by atoms with Crippen LogP contribution in [0.3, 0.4) is 0 Å². The number of carbonyl (C=O) groups excluding carboxylic acids is 1. The van der Waals surface area contributed by atoms with Crippen LogP contribution in [-0.4, -0.2) is 61.8 Å². The maximum absolute atomic E-state index is 12.7. The zero-order chi connectivity index (χ0) is 20.0. The lowest BCUT2D eigenvalue weighted by molar-refractivity contribution is -0.124. The molecule has 0 unspecified atom stereocenters. The molecule has 1 aliphatic heterocycles. The van der Waals surface area contributed by atoms with Gasteiger partial charge in [0, 0.05) is 26.2 Å². The molecule has 1 saturated carbocycles. The highest BCUT2D eigenvalue weighted by atomic mass is 32.2. The minimum absolute atomic E-state index is 0.150. The molecule has 0 aromatic heterocycles. The van der Waals surface area contributed by atoms with Gasteiger partial charge in [0.2, 0.25) is 15.9 Å². The van der Waals surface area contributed by atoms with Crippen molar-refractivity contribution in [2.24, 2.45) is 0 Å². The van der Waals surface area contributed by atoms with Gasteiger partial charge in [0.25, 0.3) is 0 Å². The van der Waals surface area contributed by atoms with Gasteiger partial charge in [0.05, 0.1) is 17.5 Å². The number of nitriles is 1. The standard InChI is InChI=1S/C20H28N4O3S/c21-17-20(10-6-1-2-7-11-20)22-19(25)16-23-12-14-24(15-13-23)28(26,27)18-8-4-3-5-9-18/h3-5,8-9H,1-2,6-7,10-16H2,(H,22,25). The highest BCUT2D eigenvalue weighted by molar-refractivity contribution is 7.89. The van der Waals surface area contributed by atoms with E-state index < -0.39 is 15.6 Å². The second-order valence-corrected chi connectivity index (χ2v) is 9.59. The van der Waals surface area contributed by atoms with Crippen LogP contribution in [0, 0.1) is 11.3 Å². The second-order valence-electron chi connectivity index (χ2n) is 7.65. The molecule has 3 rings (SSSR count). The highest BCUT2D eigenvalue weighted by Crippen LogP contribution is 2.26. The van der Waals surface area contributed by atoms with Crippen LogP contribution in [0.15, 0.2) is 35.2 Å². The van der Waals surface area contributed by atoms with E-state index in [0.29, 0.717) is 43.9 Å². The van der Waals surface area contributed by atoms with Gasteiger partial charge in [0.1, 0.15) is 5.54 Å². The van der Waals surface area contributed by atoms with Gasteiger partial charge in [-0.25, -0.2) is 8.42 Å². The van der Waals surface area contributed by atoms with Gasteiger partial charge in [0.15, 0.2) is 0 Å². The highest BCUT2D eigenvalue weighted by Gasteiger charge is 2.34. The molecular formula is C20H28N4O3S. The Morgan fingerprint density at radius 1 is 1.04 bits per heavy atom. The third-order valence-electron chi connectivity index (χ3n) is 5.63. The topological polar surface area (TPSA) is 93.5 Å². The Bertz CT molecular complexity index is 804.